The van der Waals surface area contributed by atoms with Gasteiger partial charge >= 0.3 is 5.97 Å². The molecule has 0 unspecified atom stereocenters. The number of aliphatic carboxylic acids is 1. The maximum Gasteiger partial charge on any atom is 0.338 e. The number of H-pyrrole nitrogens is 1. The minimum Gasteiger partial charge on any atom is -0.479 e. The van der Waals surface area contributed by atoms with E-state index in [1.54, 1.807) is 25.4 Å². The molecule has 9 heteroatoms. The summed E-state index contributed by atoms with van der Waals surface area (Å²) in [7, 11) is 1.56. The van der Waals surface area contributed by atoms with E-state index in [4.69, 9.17) is 4.74 Å². The molecule has 0 saturated carbocycles. The fraction of sp³-hybridized carbons (Fsp3) is 0.318. The lowest BCUT2D eigenvalue weighted by atomic mass is 9.86. The average Bonchev–Trinajstić information content (AvgIpc) is 3.29. The quantitative estimate of drug-likeness (QED) is 0.465. The number of pyridine rings is 1. The summed E-state index contributed by atoms with van der Waals surface area (Å²) in [5, 5.41) is 16.8. The molecular weight excluding hydrogens is 406 g/mol. The van der Waals surface area contributed by atoms with Crippen molar-refractivity contribution in [3.05, 3.63) is 53.6 Å². The van der Waals surface area contributed by atoms with E-state index in [1.807, 2.05) is 24.5 Å². The summed E-state index contributed by atoms with van der Waals surface area (Å²) in [5.74, 6) is -1.93. The molecule has 1 atom stereocenters. The first-order chi connectivity index (χ1) is 14.7. The van der Waals surface area contributed by atoms with Crippen molar-refractivity contribution < 1.29 is 23.4 Å². The number of halogens is 2. The third kappa shape index (κ3) is 3.65. The highest BCUT2D eigenvalue weighted by molar-refractivity contribution is 5.94. The molecule has 3 aromatic heterocycles. The normalized spacial score (nSPS) is 13.2. The van der Waals surface area contributed by atoms with Gasteiger partial charge in [-0.2, -0.15) is 5.10 Å². The Hall–Kier alpha value is -3.33. The first kappa shape index (κ1) is 20.9. The average molecular weight is 428 g/mol. The van der Waals surface area contributed by atoms with Gasteiger partial charge in [0.25, 0.3) is 0 Å². The van der Waals surface area contributed by atoms with Crippen molar-refractivity contribution in [1.29, 1.82) is 0 Å². The number of aromatic nitrogens is 4. The molecule has 4 aromatic rings. The molecule has 3 heterocycles. The van der Waals surface area contributed by atoms with Crippen molar-refractivity contribution in [1.82, 2.24) is 19.7 Å². The topological polar surface area (TPSA) is 93.0 Å². The number of alkyl halides is 1. The Balaban J connectivity index is 2.12. The minimum atomic E-state index is -2.11. The Labute approximate surface area is 176 Å². The van der Waals surface area contributed by atoms with Gasteiger partial charge in [0.15, 0.2) is 5.65 Å². The van der Waals surface area contributed by atoms with Crippen LogP contribution in [-0.2, 0) is 21.4 Å². The number of nitrogens with zero attached hydrogens (tertiary/aromatic N) is 3. The Morgan fingerprint density at radius 1 is 1.32 bits per heavy atom. The lowest BCUT2D eigenvalue weighted by Gasteiger charge is -2.28. The van der Waals surface area contributed by atoms with Gasteiger partial charge in [-0.3, -0.25) is 5.10 Å². The Kier molecular flexibility index (Phi) is 5.22. The molecule has 2 N–H and O–H groups in total. The maximum absolute atomic E-state index is 14.5. The number of methoxy groups -OCH3 is 1. The van der Waals surface area contributed by atoms with E-state index in [-0.39, 0.29) is 12.2 Å². The van der Waals surface area contributed by atoms with Crippen LogP contribution in [0.15, 0.2) is 36.5 Å². The molecule has 0 amide bonds. The summed E-state index contributed by atoms with van der Waals surface area (Å²) in [5.41, 5.74) is 2.75. The zero-order valence-corrected chi connectivity index (χ0v) is 17.3. The van der Waals surface area contributed by atoms with Crippen LogP contribution < -0.4 is 0 Å². The van der Waals surface area contributed by atoms with Crippen molar-refractivity contribution in [3.63, 3.8) is 0 Å². The third-order valence-electron chi connectivity index (χ3n) is 5.32. The zero-order valence-electron chi connectivity index (χ0n) is 17.3. The molecule has 31 heavy (non-hydrogen) atoms. The predicted octanol–water partition coefficient (Wildman–Crippen LogP) is 3.93. The number of carbonyl (C=O) groups is 1. The van der Waals surface area contributed by atoms with Gasteiger partial charge in [-0.15, -0.1) is 0 Å². The molecule has 4 rings (SSSR count). The minimum absolute atomic E-state index is 0.293. The highest BCUT2D eigenvalue weighted by Gasteiger charge is 2.34. The number of benzene rings is 1. The zero-order chi connectivity index (χ0) is 22.3. The van der Waals surface area contributed by atoms with Gasteiger partial charge in [0.2, 0.25) is 6.17 Å². The fourth-order valence-corrected chi connectivity index (χ4v) is 4.09. The molecule has 0 spiro atoms. The molecule has 0 bridgehead atoms. The highest BCUT2D eigenvalue weighted by atomic mass is 19.1. The highest BCUT2D eigenvalue weighted by Crippen LogP contribution is 2.38. The second-order valence-electron chi connectivity index (χ2n) is 8.13. The number of fused-ring (bicyclic) bond motifs is 2. The number of hydrogen-bond acceptors (Lipinski definition) is 4. The Bertz CT molecular complexity index is 1260. The molecular formula is C22H22F2N4O3. The second-order valence-corrected chi connectivity index (χ2v) is 8.13. The Morgan fingerprint density at radius 3 is 2.68 bits per heavy atom. The van der Waals surface area contributed by atoms with Gasteiger partial charge in [0.1, 0.15) is 5.82 Å². The van der Waals surface area contributed by atoms with Crippen LogP contribution in [-0.4, -0.2) is 50.7 Å². The molecule has 1 aromatic carbocycles. The first-order valence-corrected chi connectivity index (χ1v) is 9.72. The van der Waals surface area contributed by atoms with Crippen LogP contribution >= 0.6 is 0 Å². The SMILES string of the molecule is COCC(C)(C)c1c(C[C@@H](F)C(=O)O)c2nc3[nH]ncc3cc2n1-c1ccc(F)cc1. The van der Waals surface area contributed by atoms with E-state index >= 15 is 0 Å². The molecule has 0 saturated heterocycles. The summed E-state index contributed by atoms with van der Waals surface area (Å²) >= 11 is 0. The first-order valence-electron chi connectivity index (χ1n) is 9.72. The van der Waals surface area contributed by atoms with Crippen LogP contribution in [0.4, 0.5) is 8.78 Å². The molecule has 7 nitrogen and oxygen atoms in total. The summed E-state index contributed by atoms with van der Waals surface area (Å²) in [6, 6.07) is 7.78. The van der Waals surface area contributed by atoms with Gasteiger partial charge in [-0.1, -0.05) is 13.8 Å². The van der Waals surface area contributed by atoms with Crippen molar-refractivity contribution in [2.75, 3.05) is 13.7 Å². The lowest BCUT2D eigenvalue weighted by molar-refractivity contribution is -0.142. The van der Waals surface area contributed by atoms with Crippen LogP contribution in [0.25, 0.3) is 27.8 Å². The van der Waals surface area contributed by atoms with Crippen LogP contribution in [0.1, 0.15) is 25.1 Å². The van der Waals surface area contributed by atoms with Gasteiger partial charge in [-0.05, 0) is 30.3 Å². The van der Waals surface area contributed by atoms with Crippen LogP contribution in [0.5, 0.6) is 0 Å². The number of rotatable bonds is 7. The number of carboxylic acids is 1. The van der Waals surface area contributed by atoms with E-state index in [0.717, 1.165) is 5.39 Å². The molecule has 0 aliphatic rings. The fourth-order valence-electron chi connectivity index (χ4n) is 4.09. The summed E-state index contributed by atoms with van der Waals surface area (Å²) in [4.78, 5) is 16.0. The van der Waals surface area contributed by atoms with E-state index in [9.17, 15) is 18.7 Å². The van der Waals surface area contributed by atoms with E-state index < -0.39 is 17.6 Å². The van der Waals surface area contributed by atoms with Gasteiger partial charge in [0, 0.05) is 41.3 Å². The lowest BCUT2D eigenvalue weighted by Crippen LogP contribution is -2.29. The third-order valence-corrected chi connectivity index (χ3v) is 5.32. The molecule has 0 aliphatic carbocycles. The number of ether oxygens (including phenoxy) is 1. The molecule has 0 fully saturated rings. The summed E-state index contributed by atoms with van der Waals surface area (Å²) in [6.45, 7) is 4.15. The van der Waals surface area contributed by atoms with Crippen molar-refractivity contribution in [2.24, 2.45) is 0 Å². The number of aromatic amines is 1. The molecule has 0 aliphatic heterocycles. The monoisotopic (exact) mass is 428 g/mol. The van der Waals surface area contributed by atoms with Gasteiger partial charge in [-0.25, -0.2) is 18.6 Å². The van der Waals surface area contributed by atoms with E-state index in [2.05, 4.69) is 15.2 Å². The summed E-state index contributed by atoms with van der Waals surface area (Å²) in [6.07, 6.45) is -0.850. The van der Waals surface area contributed by atoms with E-state index in [0.29, 0.717) is 40.2 Å². The van der Waals surface area contributed by atoms with Crippen LogP contribution in [0.3, 0.4) is 0 Å². The van der Waals surface area contributed by atoms with Crippen molar-refractivity contribution >= 4 is 28.0 Å². The van der Waals surface area contributed by atoms with E-state index in [1.165, 1.54) is 12.1 Å². The molecule has 0 radical (unpaired) electrons. The number of carboxylic acid groups (broad SMARTS) is 1. The Morgan fingerprint density at radius 2 is 2.03 bits per heavy atom. The maximum atomic E-state index is 14.5. The standard InChI is InChI=1S/C22H22F2N4O3/c1-22(2,11-31-3)19-15(9-16(24)21(29)30)18-17(8-12-10-25-27-20(12)26-18)28(19)14-6-4-13(23)5-7-14/h4-8,10,16H,9,11H2,1-3H3,(H,29,30)(H,25,26,27)/t16-/m1/s1. The van der Waals surface area contributed by atoms with Crippen molar-refractivity contribution in [2.45, 2.75) is 31.9 Å². The van der Waals surface area contributed by atoms with Crippen molar-refractivity contribution in [3.8, 4) is 5.69 Å². The number of hydrogen-bond donors (Lipinski definition) is 2. The van der Waals surface area contributed by atoms with Gasteiger partial charge in [0.05, 0.1) is 23.8 Å². The van der Waals surface area contributed by atoms with Crippen LogP contribution in [0, 0.1) is 5.82 Å². The number of nitrogens with one attached hydrogen (secondary N) is 1. The summed E-state index contributed by atoms with van der Waals surface area (Å²) < 4.78 is 35.4. The van der Waals surface area contributed by atoms with Gasteiger partial charge < -0.3 is 14.4 Å². The molecule has 162 valence electrons. The van der Waals surface area contributed by atoms with Crippen LogP contribution in [0.2, 0.25) is 0 Å². The second kappa shape index (κ2) is 7.73. The predicted molar refractivity (Wildman–Crippen MR) is 112 cm³/mol. The largest absolute Gasteiger partial charge is 0.479 e. The smallest absolute Gasteiger partial charge is 0.338 e.